The fraction of sp³-hybridized carbons (Fsp3) is 0.900. The van der Waals surface area contributed by atoms with Crippen LogP contribution < -0.4 is 10.6 Å². The van der Waals surface area contributed by atoms with E-state index in [-0.39, 0.29) is 6.54 Å². The largest absolute Gasteiger partial charge is 0.401 e. The van der Waals surface area contributed by atoms with Crippen LogP contribution in [0.25, 0.3) is 0 Å². The molecule has 17 heavy (non-hydrogen) atoms. The summed E-state index contributed by atoms with van der Waals surface area (Å²) in [6, 6.07) is 0. The van der Waals surface area contributed by atoms with Crippen LogP contribution in [0.3, 0.4) is 0 Å². The third-order valence-electron chi connectivity index (χ3n) is 2.26. The Bertz CT molecular complexity index is 217. The minimum Gasteiger partial charge on any atom is -0.354 e. The third-order valence-corrected chi connectivity index (χ3v) is 2.26. The molecule has 0 aromatic rings. The van der Waals surface area contributed by atoms with Crippen molar-refractivity contribution in [2.24, 2.45) is 0 Å². The molecule has 4 nitrogen and oxygen atoms in total. The van der Waals surface area contributed by atoms with Crippen molar-refractivity contribution in [2.45, 2.75) is 20.0 Å². The van der Waals surface area contributed by atoms with Crippen molar-refractivity contribution in [1.29, 1.82) is 0 Å². The van der Waals surface area contributed by atoms with Gasteiger partial charge in [0.05, 0.1) is 13.1 Å². The zero-order chi connectivity index (χ0) is 13.3. The molecule has 0 radical (unpaired) electrons. The molecule has 0 saturated heterocycles. The first kappa shape index (κ1) is 16.2. The average molecular weight is 255 g/mol. The summed E-state index contributed by atoms with van der Waals surface area (Å²) < 4.78 is 35.3. The number of carbonyl (C=O) groups excluding carboxylic acids is 1. The highest BCUT2D eigenvalue weighted by atomic mass is 19.4. The summed E-state index contributed by atoms with van der Waals surface area (Å²) in [6.07, 6.45) is -4.28. The molecule has 0 aromatic heterocycles. The number of halogens is 3. The quantitative estimate of drug-likeness (QED) is 0.667. The van der Waals surface area contributed by atoms with E-state index in [9.17, 15) is 18.0 Å². The highest BCUT2D eigenvalue weighted by Gasteiger charge is 2.26. The fourth-order valence-electron chi connectivity index (χ4n) is 1.27. The topological polar surface area (TPSA) is 44.4 Å². The van der Waals surface area contributed by atoms with Crippen molar-refractivity contribution in [3.05, 3.63) is 0 Å². The molecule has 0 spiro atoms. The first-order valence-electron chi connectivity index (χ1n) is 5.65. The Kier molecular flexibility index (Phi) is 7.90. The number of likely N-dealkylation sites (N-methyl/N-ethyl adjacent to an activating group) is 1. The summed E-state index contributed by atoms with van der Waals surface area (Å²) in [4.78, 5) is 13.2. The van der Waals surface area contributed by atoms with E-state index < -0.39 is 18.6 Å². The van der Waals surface area contributed by atoms with Gasteiger partial charge in [0.15, 0.2) is 0 Å². The lowest BCUT2D eigenvalue weighted by atomic mass is 10.4. The second kappa shape index (κ2) is 8.30. The minimum atomic E-state index is -4.28. The van der Waals surface area contributed by atoms with Crippen LogP contribution in [-0.2, 0) is 4.79 Å². The number of carbonyl (C=O) groups is 1. The molecule has 0 bridgehead atoms. The summed E-state index contributed by atoms with van der Waals surface area (Å²) in [5, 5.41) is 4.60. The van der Waals surface area contributed by atoms with E-state index in [4.69, 9.17) is 0 Å². The van der Waals surface area contributed by atoms with Crippen LogP contribution in [0, 0.1) is 0 Å². The van der Waals surface area contributed by atoms with Gasteiger partial charge >= 0.3 is 6.18 Å². The van der Waals surface area contributed by atoms with Crippen LogP contribution >= 0.6 is 0 Å². The third kappa shape index (κ3) is 10.1. The van der Waals surface area contributed by atoms with Gasteiger partial charge in [0.25, 0.3) is 0 Å². The lowest BCUT2D eigenvalue weighted by Crippen LogP contribution is -2.41. The van der Waals surface area contributed by atoms with Crippen LogP contribution in [0.2, 0.25) is 0 Å². The van der Waals surface area contributed by atoms with E-state index in [2.05, 4.69) is 10.2 Å². The van der Waals surface area contributed by atoms with E-state index >= 15 is 0 Å². The van der Waals surface area contributed by atoms with Gasteiger partial charge < -0.3 is 15.5 Å². The SMILES string of the molecule is CCN(CC)CCNC(=O)CNCC(F)(F)F. The van der Waals surface area contributed by atoms with Crippen molar-refractivity contribution >= 4 is 5.91 Å². The molecular weight excluding hydrogens is 235 g/mol. The standard InChI is InChI=1S/C10H20F3N3O/c1-3-16(4-2)6-5-15-9(17)7-14-8-10(11,12)13/h14H,3-8H2,1-2H3,(H,15,17). The van der Waals surface area contributed by atoms with Gasteiger partial charge in [-0.3, -0.25) is 4.79 Å². The van der Waals surface area contributed by atoms with Crippen LogP contribution in [0.15, 0.2) is 0 Å². The predicted octanol–water partition coefficient (Wildman–Crippen LogP) is 0.596. The smallest absolute Gasteiger partial charge is 0.354 e. The lowest BCUT2D eigenvalue weighted by molar-refractivity contribution is -0.128. The summed E-state index contributed by atoms with van der Waals surface area (Å²) in [5.41, 5.74) is 0. The second-order valence-corrected chi connectivity index (χ2v) is 3.60. The van der Waals surface area contributed by atoms with Crippen LogP contribution in [0.1, 0.15) is 13.8 Å². The minimum absolute atomic E-state index is 0.308. The lowest BCUT2D eigenvalue weighted by Gasteiger charge is -2.18. The average Bonchev–Trinajstić information content (AvgIpc) is 2.22. The molecule has 0 atom stereocenters. The number of hydrogen-bond donors (Lipinski definition) is 2. The van der Waals surface area contributed by atoms with Gasteiger partial charge in [-0.1, -0.05) is 13.8 Å². The molecule has 0 saturated carbocycles. The maximum atomic E-state index is 11.8. The molecule has 102 valence electrons. The van der Waals surface area contributed by atoms with Crippen molar-refractivity contribution in [2.75, 3.05) is 39.3 Å². The number of rotatable bonds is 8. The summed E-state index contributed by atoms with van der Waals surface area (Å²) >= 11 is 0. The maximum Gasteiger partial charge on any atom is 0.401 e. The Hall–Kier alpha value is -0.820. The summed E-state index contributed by atoms with van der Waals surface area (Å²) in [6.45, 7) is 5.50. The number of nitrogens with one attached hydrogen (secondary N) is 2. The molecule has 2 N–H and O–H groups in total. The molecule has 0 aromatic carbocycles. The fourth-order valence-corrected chi connectivity index (χ4v) is 1.27. The van der Waals surface area contributed by atoms with E-state index in [0.717, 1.165) is 13.1 Å². The van der Waals surface area contributed by atoms with E-state index in [1.807, 2.05) is 19.2 Å². The van der Waals surface area contributed by atoms with Gasteiger partial charge in [-0.2, -0.15) is 13.2 Å². The monoisotopic (exact) mass is 255 g/mol. The van der Waals surface area contributed by atoms with Crippen LogP contribution in [0.4, 0.5) is 13.2 Å². The number of nitrogens with zero attached hydrogens (tertiary/aromatic N) is 1. The van der Waals surface area contributed by atoms with Crippen molar-refractivity contribution in [1.82, 2.24) is 15.5 Å². The zero-order valence-electron chi connectivity index (χ0n) is 10.2. The number of alkyl halides is 3. The van der Waals surface area contributed by atoms with Crippen molar-refractivity contribution in [3.63, 3.8) is 0 Å². The Balaban J connectivity index is 3.53. The van der Waals surface area contributed by atoms with Gasteiger partial charge in [-0.15, -0.1) is 0 Å². The molecule has 7 heteroatoms. The predicted molar refractivity (Wildman–Crippen MR) is 59.7 cm³/mol. The normalized spacial score (nSPS) is 11.9. The van der Waals surface area contributed by atoms with Crippen LogP contribution in [-0.4, -0.2) is 56.3 Å². The molecule has 0 unspecified atom stereocenters. The summed E-state index contributed by atoms with van der Waals surface area (Å²) in [5.74, 6) is -0.415. The van der Waals surface area contributed by atoms with Gasteiger partial charge in [-0.05, 0) is 13.1 Å². The molecule has 1 amide bonds. The zero-order valence-corrected chi connectivity index (χ0v) is 10.2. The molecule has 0 aliphatic heterocycles. The van der Waals surface area contributed by atoms with E-state index in [1.54, 1.807) is 0 Å². The highest BCUT2D eigenvalue weighted by Crippen LogP contribution is 2.11. The van der Waals surface area contributed by atoms with Crippen molar-refractivity contribution < 1.29 is 18.0 Å². The van der Waals surface area contributed by atoms with E-state index in [1.165, 1.54) is 0 Å². The molecule has 0 heterocycles. The summed E-state index contributed by atoms with van der Waals surface area (Å²) in [7, 11) is 0. The Labute approximate surface area is 99.5 Å². The number of amides is 1. The molecule has 0 aliphatic carbocycles. The van der Waals surface area contributed by atoms with Gasteiger partial charge in [0.2, 0.25) is 5.91 Å². The Morgan fingerprint density at radius 2 is 1.82 bits per heavy atom. The first-order chi connectivity index (χ1) is 7.89. The highest BCUT2D eigenvalue weighted by molar-refractivity contribution is 5.77. The Morgan fingerprint density at radius 3 is 2.29 bits per heavy atom. The second-order valence-electron chi connectivity index (χ2n) is 3.60. The maximum absolute atomic E-state index is 11.8. The van der Waals surface area contributed by atoms with Gasteiger partial charge in [0.1, 0.15) is 0 Å². The molecule has 0 rings (SSSR count). The van der Waals surface area contributed by atoms with Gasteiger partial charge in [-0.25, -0.2) is 0 Å². The van der Waals surface area contributed by atoms with Crippen LogP contribution in [0.5, 0.6) is 0 Å². The number of hydrogen-bond acceptors (Lipinski definition) is 3. The molecular formula is C10H20F3N3O. The molecule has 0 aliphatic rings. The Morgan fingerprint density at radius 1 is 1.24 bits per heavy atom. The molecule has 0 fully saturated rings. The van der Waals surface area contributed by atoms with E-state index in [0.29, 0.717) is 13.1 Å². The first-order valence-corrected chi connectivity index (χ1v) is 5.65. The van der Waals surface area contributed by atoms with Crippen molar-refractivity contribution in [3.8, 4) is 0 Å². The van der Waals surface area contributed by atoms with Gasteiger partial charge in [0, 0.05) is 13.1 Å².